The number of hydrogen-bond donors (Lipinski definition) is 1. The lowest BCUT2D eigenvalue weighted by Gasteiger charge is -2.25. The van der Waals surface area contributed by atoms with E-state index in [-0.39, 0.29) is 0 Å². The van der Waals surface area contributed by atoms with Crippen LogP contribution < -0.4 is 5.32 Å². The van der Waals surface area contributed by atoms with E-state index in [1.165, 1.54) is 4.88 Å². The van der Waals surface area contributed by atoms with Gasteiger partial charge in [0.15, 0.2) is 5.82 Å². The predicted molar refractivity (Wildman–Crippen MR) is 85.6 cm³/mol. The molecule has 1 N–H and O–H groups in total. The zero-order valence-electron chi connectivity index (χ0n) is 12.9. The number of aromatic nitrogens is 2. The van der Waals surface area contributed by atoms with Crippen molar-refractivity contribution in [2.24, 2.45) is 0 Å². The van der Waals surface area contributed by atoms with E-state index in [1.54, 1.807) is 18.4 Å². The normalized spacial score (nSPS) is 14.4. The molecule has 0 fully saturated rings. The number of hydrogen-bond acceptors (Lipinski definition) is 5. The highest BCUT2D eigenvalue weighted by molar-refractivity contribution is 7.18. The largest absolute Gasteiger partial charge is 0.371 e. The first kappa shape index (κ1) is 15.2. The molecule has 0 radical (unpaired) electrons. The van der Waals surface area contributed by atoms with Gasteiger partial charge in [0, 0.05) is 18.5 Å². The number of ether oxygens (including phenoxy) is 1. The average Bonchev–Trinajstić information content (AvgIpc) is 2.90. The monoisotopic (exact) mass is 293 g/mol. The molecule has 0 spiro atoms. The van der Waals surface area contributed by atoms with E-state index < -0.39 is 5.60 Å². The Kier molecular flexibility index (Phi) is 4.60. The molecular weight excluding hydrogens is 270 g/mol. The summed E-state index contributed by atoms with van der Waals surface area (Å²) in [5.74, 6) is 1.68. The van der Waals surface area contributed by atoms with Crippen LogP contribution in [0.25, 0.3) is 10.2 Å². The van der Waals surface area contributed by atoms with Crippen molar-refractivity contribution in [3.8, 4) is 0 Å². The predicted octanol–water partition coefficient (Wildman–Crippen LogP) is 3.96. The summed E-state index contributed by atoms with van der Waals surface area (Å²) in [6, 6.07) is 2.19. The molecule has 0 bridgehead atoms. The van der Waals surface area contributed by atoms with Crippen LogP contribution in [-0.2, 0) is 16.8 Å². The Hall–Kier alpha value is -1.20. The molecule has 0 aliphatic carbocycles. The molecule has 5 heteroatoms. The van der Waals surface area contributed by atoms with Gasteiger partial charge in [-0.05, 0) is 32.8 Å². The minimum atomic E-state index is -0.436. The Labute approximate surface area is 124 Å². The summed E-state index contributed by atoms with van der Waals surface area (Å²) in [5.41, 5.74) is -0.436. The fraction of sp³-hybridized carbons (Fsp3) is 0.600. The van der Waals surface area contributed by atoms with Gasteiger partial charge in [-0.25, -0.2) is 9.97 Å². The van der Waals surface area contributed by atoms with Crippen molar-refractivity contribution in [1.29, 1.82) is 0 Å². The summed E-state index contributed by atoms with van der Waals surface area (Å²) in [7, 11) is 1.72. The molecule has 0 aliphatic rings. The number of nitrogens with one attached hydrogen (secondary N) is 1. The maximum Gasteiger partial charge on any atom is 0.163 e. The van der Waals surface area contributed by atoms with Crippen molar-refractivity contribution in [2.45, 2.75) is 46.1 Å². The highest BCUT2D eigenvalue weighted by atomic mass is 32.1. The lowest BCUT2D eigenvalue weighted by Crippen LogP contribution is -2.26. The van der Waals surface area contributed by atoms with Crippen LogP contribution >= 0.6 is 11.3 Å². The van der Waals surface area contributed by atoms with Crippen LogP contribution in [-0.4, -0.2) is 23.6 Å². The van der Waals surface area contributed by atoms with Crippen molar-refractivity contribution >= 4 is 27.4 Å². The van der Waals surface area contributed by atoms with Crippen LogP contribution in [0.3, 0.4) is 0 Å². The first-order chi connectivity index (χ1) is 9.57. The topological polar surface area (TPSA) is 47.0 Å². The third-order valence-corrected chi connectivity index (χ3v) is 4.91. The third-order valence-electron chi connectivity index (χ3n) is 3.73. The second-order valence-corrected chi connectivity index (χ2v) is 6.11. The van der Waals surface area contributed by atoms with E-state index in [9.17, 15) is 0 Å². The molecule has 20 heavy (non-hydrogen) atoms. The summed E-state index contributed by atoms with van der Waals surface area (Å²) >= 11 is 1.74. The van der Waals surface area contributed by atoms with E-state index in [4.69, 9.17) is 14.7 Å². The fourth-order valence-corrected chi connectivity index (χ4v) is 3.05. The summed E-state index contributed by atoms with van der Waals surface area (Å²) in [4.78, 5) is 11.8. The Morgan fingerprint density at radius 1 is 1.30 bits per heavy atom. The van der Waals surface area contributed by atoms with E-state index in [0.29, 0.717) is 0 Å². The van der Waals surface area contributed by atoms with Crippen molar-refractivity contribution in [3.05, 3.63) is 16.8 Å². The van der Waals surface area contributed by atoms with Gasteiger partial charge in [0.25, 0.3) is 0 Å². The molecule has 0 amide bonds. The number of rotatable bonds is 6. The van der Waals surface area contributed by atoms with Crippen molar-refractivity contribution in [3.63, 3.8) is 0 Å². The van der Waals surface area contributed by atoms with Gasteiger partial charge in [-0.15, -0.1) is 11.3 Å². The molecule has 2 aromatic heterocycles. The van der Waals surface area contributed by atoms with Gasteiger partial charge in [0.05, 0.1) is 5.39 Å². The molecule has 1 atom stereocenters. The lowest BCUT2D eigenvalue weighted by molar-refractivity contribution is -0.00854. The first-order valence-corrected chi connectivity index (χ1v) is 7.99. The smallest absolute Gasteiger partial charge is 0.163 e. The molecule has 0 saturated heterocycles. The molecule has 4 nitrogen and oxygen atoms in total. The van der Waals surface area contributed by atoms with Crippen LogP contribution in [0.1, 0.15) is 44.8 Å². The van der Waals surface area contributed by atoms with Crippen LogP contribution in [0.5, 0.6) is 0 Å². The van der Waals surface area contributed by atoms with Crippen molar-refractivity contribution in [1.82, 2.24) is 9.97 Å². The van der Waals surface area contributed by atoms with Gasteiger partial charge in [-0.2, -0.15) is 0 Å². The molecule has 1 unspecified atom stereocenters. The van der Waals surface area contributed by atoms with Gasteiger partial charge in [-0.1, -0.05) is 13.8 Å². The molecule has 2 aromatic rings. The number of methoxy groups -OCH3 is 1. The van der Waals surface area contributed by atoms with E-state index in [1.807, 2.05) is 6.92 Å². The Balaban J connectivity index is 2.62. The van der Waals surface area contributed by atoms with Crippen LogP contribution in [0.2, 0.25) is 0 Å². The van der Waals surface area contributed by atoms with Gasteiger partial charge in [0.1, 0.15) is 16.2 Å². The Bertz CT molecular complexity index is 590. The highest BCUT2D eigenvalue weighted by Gasteiger charge is 2.29. The van der Waals surface area contributed by atoms with Crippen LogP contribution in [0.4, 0.5) is 5.82 Å². The zero-order chi connectivity index (χ0) is 14.8. The fourth-order valence-electron chi connectivity index (χ4n) is 2.08. The second kappa shape index (κ2) is 6.06. The average molecular weight is 293 g/mol. The quantitative estimate of drug-likeness (QED) is 0.876. The van der Waals surface area contributed by atoms with Gasteiger partial charge in [-0.3, -0.25) is 0 Å². The minimum absolute atomic E-state index is 0.436. The van der Waals surface area contributed by atoms with Gasteiger partial charge < -0.3 is 10.1 Å². The van der Waals surface area contributed by atoms with E-state index in [0.717, 1.165) is 41.2 Å². The first-order valence-electron chi connectivity index (χ1n) is 7.17. The summed E-state index contributed by atoms with van der Waals surface area (Å²) in [6.07, 6.45) is 1.86. The molecule has 0 aliphatic heterocycles. The number of nitrogens with zero attached hydrogens (tertiary/aromatic N) is 2. The van der Waals surface area contributed by atoms with Crippen LogP contribution in [0, 0.1) is 0 Å². The third kappa shape index (κ3) is 2.65. The molecule has 2 heterocycles. The van der Waals surface area contributed by atoms with E-state index >= 15 is 0 Å². The van der Waals surface area contributed by atoms with Gasteiger partial charge >= 0.3 is 0 Å². The zero-order valence-corrected chi connectivity index (χ0v) is 13.7. The van der Waals surface area contributed by atoms with E-state index in [2.05, 4.69) is 32.2 Å². The minimum Gasteiger partial charge on any atom is -0.371 e. The lowest BCUT2D eigenvalue weighted by atomic mass is 10.0. The van der Waals surface area contributed by atoms with Gasteiger partial charge in [0.2, 0.25) is 0 Å². The maximum absolute atomic E-state index is 5.64. The summed E-state index contributed by atoms with van der Waals surface area (Å²) in [5, 5.41) is 4.47. The SMILES string of the molecule is CCNc1nc(C(C)(CC)OC)nc2sc(CC)cc12. The second-order valence-electron chi connectivity index (χ2n) is 5.00. The standard InChI is InChI=1S/C15H23N3OS/c1-6-10-9-11-12(16-8-3)17-14(18-13(11)20-10)15(4,7-2)19-5/h9H,6-8H2,1-5H3,(H,16,17,18). The van der Waals surface area contributed by atoms with Crippen LogP contribution in [0.15, 0.2) is 6.07 Å². The van der Waals surface area contributed by atoms with Crippen molar-refractivity contribution < 1.29 is 4.74 Å². The number of anilines is 1. The number of fused-ring (bicyclic) bond motifs is 1. The summed E-state index contributed by atoms with van der Waals surface area (Å²) < 4.78 is 5.64. The Morgan fingerprint density at radius 3 is 2.60 bits per heavy atom. The number of thiophene rings is 1. The Morgan fingerprint density at radius 2 is 2.05 bits per heavy atom. The molecule has 2 rings (SSSR count). The molecular formula is C15H23N3OS. The molecule has 0 aromatic carbocycles. The summed E-state index contributed by atoms with van der Waals surface area (Å²) in [6.45, 7) is 9.22. The van der Waals surface area contributed by atoms with Crippen molar-refractivity contribution in [2.75, 3.05) is 19.0 Å². The molecule has 110 valence electrons. The maximum atomic E-state index is 5.64. The number of aryl methyl sites for hydroxylation is 1. The highest BCUT2D eigenvalue weighted by Crippen LogP contribution is 2.33. The molecule has 0 saturated carbocycles.